The molecule has 0 atom stereocenters. The maximum Gasteiger partial charge on any atom is 0.221 e. The van der Waals surface area contributed by atoms with Crippen molar-refractivity contribution in [2.75, 3.05) is 12.4 Å². The molecule has 1 amide bonds. The van der Waals surface area contributed by atoms with Gasteiger partial charge in [0, 0.05) is 23.4 Å². The van der Waals surface area contributed by atoms with Gasteiger partial charge in [0.15, 0.2) is 0 Å². The summed E-state index contributed by atoms with van der Waals surface area (Å²) in [5, 5.41) is 13.7. The van der Waals surface area contributed by atoms with Crippen molar-refractivity contribution in [1.29, 1.82) is 5.26 Å². The van der Waals surface area contributed by atoms with E-state index in [-0.39, 0.29) is 5.91 Å². The molecule has 0 aliphatic rings. The lowest BCUT2D eigenvalue weighted by molar-refractivity contribution is -0.114. The third kappa shape index (κ3) is 2.59. The van der Waals surface area contributed by atoms with E-state index in [1.807, 2.05) is 29.6 Å². The van der Waals surface area contributed by atoms with Gasteiger partial charge in [0.25, 0.3) is 0 Å². The molecule has 19 heavy (non-hydrogen) atoms. The van der Waals surface area contributed by atoms with Crippen LogP contribution < -0.4 is 10.1 Å². The first-order valence-corrected chi connectivity index (χ1v) is 6.48. The molecule has 5 heteroatoms. The minimum absolute atomic E-state index is 0.203. The van der Waals surface area contributed by atoms with Crippen molar-refractivity contribution in [2.24, 2.45) is 0 Å². The second-order valence-corrected chi connectivity index (χ2v) is 4.73. The summed E-state index contributed by atoms with van der Waals surface area (Å²) in [5.74, 6) is 0.502. The van der Waals surface area contributed by atoms with E-state index in [0.717, 1.165) is 11.1 Å². The zero-order chi connectivity index (χ0) is 13.8. The molecule has 1 N–H and O–H groups in total. The molecular formula is C14H12N2O2S. The highest BCUT2D eigenvalue weighted by molar-refractivity contribution is 7.11. The van der Waals surface area contributed by atoms with Crippen molar-refractivity contribution in [3.05, 3.63) is 34.5 Å². The van der Waals surface area contributed by atoms with Crippen molar-refractivity contribution in [1.82, 2.24) is 0 Å². The van der Waals surface area contributed by atoms with Crippen LogP contribution in [0, 0.1) is 11.3 Å². The highest BCUT2D eigenvalue weighted by Crippen LogP contribution is 2.40. The van der Waals surface area contributed by atoms with Gasteiger partial charge in [-0.3, -0.25) is 4.79 Å². The Morgan fingerprint density at radius 1 is 1.37 bits per heavy atom. The molecule has 0 radical (unpaired) electrons. The van der Waals surface area contributed by atoms with Gasteiger partial charge in [0.05, 0.1) is 12.8 Å². The first-order valence-electron chi connectivity index (χ1n) is 5.60. The Balaban J connectivity index is 2.59. The van der Waals surface area contributed by atoms with Gasteiger partial charge >= 0.3 is 0 Å². The molecule has 4 nitrogen and oxygen atoms in total. The van der Waals surface area contributed by atoms with Gasteiger partial charge in [-0.05, 0) is 6.07 Å². The molecule has 0 spiro atoms. The van der Waals surface area contributed by atoms with Crippen LogP contribution in [0.3, 0.4) is 0 Å². The van der Waals surface area contributed by atoms with Crippen molar-refractivity contribution >= 4 is 22.9 Å². The molecule has 1 aromatic heterocycles. The van der Waals surface area contributed by atoms with Crippen LogP contribution in [0.1, 0.15) is 11.8 Å². The summed E-state index contributed by atoms with van der Waals surface area (Å²) in [6.45, 7) is 1.42. The molecule has 0 bridgehead atoms. The number of carbonyl (C=O) groups is 1. The second-order valence-electron chi connectivity index (χ2n) is 3.85. The largest absolute Gasteiger partial charge is 0.496 e. The number of carbonyl (C=O) groups excluding carboxylic acids is 1. The molecule has 0 aliphatic carbocycles. The first-order chi connectivity index (χ1) is 9.17. The first kappa shape index (κ1) is 13.1. The molecule has 0 unspecified atom stereocenters. The molecule has 1 heterocycles. The van der Waals surface area contributed by atoms with E-state index >= 15 is 0 Å². The van der Waals surface area contributed by atoms with Gasteiger partial charge in [-0.25, -0.2) is 0 Å². The SMILES string of the molecule is COc1ccccc1-c1csc(C#N)c1NC(C)=O. The van der Waals surface area contributed by atoms with Crippen LogP contribution in [0.5, 0.6) is 5.75 Å². The molecule has 0 saturated heterocycles. The summed E-state index contributed by atoms with van der Waals surface area (Å²) in [6.07, 6.45) is 0. The van der Waals surface area contributed by atoms with Crippen LogP contribution in [-0.4, -0.2) is 13.0 Å². The number of nitrogens with one attached hydrogen (secondary N) is 1. The molecule has 2 aromatic rings. The standard InChI is InChI=1S/C14H12N2O2S/c1-9(17)16-14-11(8-19-13(14)7-15)10-5-3-4-6-12(10)18-2/h3-6,8H,1-2H3,(H,16,17). The maximum atomic E-state index is 11.3. The molecule has 96 valence electrons. The molecule has 2 rings (SSSR count). The lowest BCUT2D eigenvalue weighted by Gasteiger charge is -2.09. The van der Waals surface area contributed by atoms with Crippen LogP contribution in [-0.2, 0) is 4.79 Å². The Hall–Kier alpha value is -2.32. The van der Waals surface area contributed by atoms with E-state index in [0.29, 0.717) is 16.3 Å². The summed E-state index contributed by atoms with van der Waals surface area (Å²) >= 11 is 1.30. The van der Waals surface area contributed by atoms with Crippen LogP contribution in [0.25, 0.3) is 11.1 Å². The van der Waals surface area contributed by atoms with E-state index in [1.54, 1.807) is 7.11 Å². The Labute approximate surface area is 115 Å². The van der Waals surface area contributed by atoms with E-state index in [4.69, 9.17) is 10.00 Å². The number of ether oxygens (including phenoxy) is 1. The van der Waals surface area contributed by atoms with E-state index in [9.17, 15) is 4.79 Å². The fraction of sp³-hybridized carbons (Fsp3) is 0.143. The zero-order valence-corrected chi connectivity index (χ0v) is 11.4. The van der Waals surface area contributed by atoms with Crippen LogP contribution in [0.2, 0.25) is 0 Å². The Morgan fingerprint density at radius 3 is 2.74 bits per heavy atom. The van der Waals surface area contributed by atoms with Crippen LogP contribution in [0.4, 0.5) is 5.69 Å². The number of benzene rings is 1. The second kappa shape index (κ2) is 5.55. The van der Waals surface area contributed by atoms with E-state index in [2.05, 4.69) is 11.4 Å². The summed E-state index contributed by atoms with van der Waals surface area (Å²) < 4.78 is 5.31. The highest BCUT2D eigenvalue weighted by Gasteiger charge is 2.16. The van der Waals surface area contributed by atoms with Crippen LogP contribution in [0.15, 0.2) is 29.6 Å². The number of rotatable bonds is 3. The van der Waals surface area contributed by atoms with E-state index < -0.39 is 0 Å². The van der Waals surface area contributed by atoms with Gasteiger partial charge in [-0.1, -0.05) is 18.2 Å². The molecule has 0 fully saturated rings. The van der Waals surface area contributed by atoms with Crippen molar-refractivity contribution < 1.29 is 9.53 Å². The number of para-hydroxylation sites is 1. The number of methoxy groups -OCH3 is 1. The summed E-state index contributed by atoms with van der Waals surface area (Å²) in [4.78, 5) is 11.8. The third-order valence-electron chi connectivity index (χ3n) is 2.59. The zero-order valence-electron chi connectivity index (χ0n) is 10.6. The minimum atomic E-state index is -0.203. The molecule has 1 aromatic carbocycles. The van der Waals surface area contributed by atoms with Gasteiger partial charge in [0.1, 0.15) is 16.7 Å². The van der Waals surface area contributed by atoms with Crippen molar-refractivity contribution in [2.45, 2.75) is 6.92 Å². The average molecular weight is 272 g/mol. The predicted octanol–water partition coefficient (Wildman–Crippen LogP) is 3.25. The smallest absolute Gasteiger partial charge is 0.221 e. The summed E-state index contributed by atoms with van der Waals surface area (Å²) in [6, 6.07) is 9.59. The number of anilines is 1. The number of thiophene rings is 1. The van der Waals surface area contributed by atoms with Gasteiger partial charge in [-0.15, -0.1) is 11.3 Å². The van der Waals surface area contributed by atoms with Gasteiger partial charge in [-0.2, -0.15) is 5.26 Å². The topological polar surface area (TPSA) is 62.1 Å². The number of hydrogen-bond donors (Lipinski definition) is 1. The van der Waals surface area contributed by atoms with Crippen molar-refractivity contribution in [3.63, 3.8) is 0 Å². The number of amides is 1. The number of nitriles is 1. The molecule has 0 aliphatic heterocycles. The minimum Gasteiger partial charge on any atom is -0.496 e. The normalized spacial score (nSPS) is 9.74. The van der Waals surface area contributed by atoms with Crippen molar-refractivity contribution in [3.8, 4) is 22.9 Å². The number of nitrogens with zero attached hydrogens (tertiary/aromatic N) is 1. The lowest BCUT2D eigenvalue weighted by atomic mass is 10.1. The summed E-state index contributed by atoms with van der Waals surface area (Å²) in [5.41, 5.74) is 2.20. The van der Waals surface area contributed by atoms with Gasteiger partial charge in [0.2, 0.25) is 5.91 Å². The summed E-state index contributed by atoms with van der Waals surface area (Å²) in [7, 11) is 1.59. The average Bonchev–Trinajstić information content (AvgIpc) is 2.80. The van der Waals surface area contributed by atoms with Gasteiger partial charge < -0.3 is 10.1 Å². The molecule has 0 saturated carbocycles. The predicted molar refractivity (Wildman–Crippen MR) is 75.3 cm³/mol. The lowest BCUT2D eigenvalue weighted by Crippen LogP contribution is -2.07. The third-order valence-corrected chi connectivity index (χ3v) is 3.48. The highest BCUT2D eigenvalue weighted by atomic mass is 32.1. The fourth-order valence-electron chi connectivity index (χ4n) is 1.81. The molecular weight excluding hydrogens is 260 g/mol. The monoisotopic (exact) mass is 272 g/mol. The van der Waals surface area contributed by atoms with E-state index in [1.165, 1.54) is 18.3 Å². The Bertz CT molecular complexity index is 656. The fourth-order valence-corrected chi connectivity index (χ4v) is 2.62. The number of hydrogen-bond acceptors (Lipinski definition) is 4. The maximum absolute atomic E-state index is 11.3. The Morgan fingerprint density at radius 2 is 2.11 bits per heavy atom. The quantitative estimate of drug-likeness (QED) is 0.932. The van der Waals surface area contributed by atoms with Crippen LogP contribution >= 0.6 is 11.3 Å². The Kier molecular flexibility index (Phi) is 3.83.